The van der Waals surface area contributed by atoms with Crippen molar-refractivity contribution in [3.05, 3.63) is 41.5 Å². The van der Waals surface area contributed by atoms with Gasteiger partial charge < -0.3 is 4.74 Å². The third kappa shape index (κ3) is 3.46. The summed E-state index contributed by atoms with van der Waals surface area (Å²) in [5, 5.41) is 22.6. The number of hydrogen-bond donors (Lipinski definition) is 0. The zero-order chi connectivity index (χ0) is 20.7. The monoisotopic (exact) mass is 380 g/mol. The second-order valence-electron chi connectivity index (χ2n) is 8.69. The second kappa shape index (κ2) is 7.12. The van der Waals surface area contributed by atoms with Crippen molar-refractivity contribution in [2.75, 3.05) is 7.11 Å². The summed E-state index contributed by atoms with van der Waals surface area (Å²) >= 11 is 0. The topological polar surface area (TPSA) is 59.8 Å². The molecule has 3 rings (SSSR count). The van der Waals surface area contributed by atoms with E-state index in [0.29, 0.717) is 11.2 Å². The van der Waals surface area contributed by atoms with Crippen molar-refractivity contribution in [2.45, 2.75) is 65.2 Å². The van der Waals surface area contributed by atoms with Gasteiger partial charge in [-0.05, 0) is 47.4 Å². The Morgan fingerprint density at radius 1 is 0.929 bits per heavy atom. The first kappa shape index (κ1) is 20.2. The lowest BCUT2D eigenvalue weighted by Crippen LogP contribution is -2.21. The molecule has 0 unspecified atom stereocenters. The maximum Gasteiger partial charge on any atom is 0.209 e. The van der Waals surface area contributed by atoms with Crippen molar-refractivity contribution in [1.82, 2.24) is 15.0 Å². The molecule has 0 amide bonds. The lowest BCUT2D eigenvalue weighted by Gasteiger charge is -2.29. The molecule has 5 heteroatoms. The number of nitrogens with zero attached hydrogens (tertiary/aromatic N) is 3. The zero-order valence-electron chi connectivity index (χ0n) is 18.0. The summed E-state index contributed by atoms with van der Waals surface area (Å²) in [7, 11) is 1.62. The highest BCUT2D eigenvalue weighted by Crippen LogP contribution is 2.41. The van der Waals surface area contributed by atoms with Crippen LogP contribution < -0.4 is 4.74 Å². The smallest absolute Gasteiger partial charge is 0.209 e. The molecule has 3 aromatic rings. The van der Waals surface area contributed by atoms with Crippen LogP contribution in [0.2, 0.25) is 0 Å². The van der Waals surface area contributed by atoms with E-state index < -0.39 is 0 Å². The highest BCUT2D eigenvalue weighted by Gasteiger charge is 2.30. The van der Waals surface area contributed by atoms with Crippen molar-refractivity contribution in [2.24, 2.45) is 0 Å². The molecule has 0 saturated carbocycles. The molecule has 1 heterocycles. The number of benzene rings is 2. The van der Waals surface area contributed by atoms with E-state index in [1.165, 1.54) is 4.80 Å². The third-order valence-corrected chi connectivity index (χ3v) is 6.15. The predicted octanol–water partition coefficient (Wildman–Crippen LogP) is 5.95. The van der Waals surface area contributed by atoms with Crippen LogP contribution in [-0.2, 0) is 15.9 Å². The Morgan fingerprint density at radius 2 is 1.57 bits per heavy atom. The summed E-state index contributed by atoms with van der Waals surface area (Å²) in [6.07, 6.45) is 1.85. The van der Waals surface area contributed by atoms with Crippen molar-refractivity contribution >= 4 is 11.0 Å². The minimum Gasteiger partial charge on any atom is -0.497 e. The standard InChI is InChI=1S/C23H30N3O2/c1-8-22(3,4)15-12-17(23(5,6)9-2)21(27)20(13-15)26-24-18-11-10-16(28-7)14-19(18)25-26/h10-14H,8-9H2,1-7H3. The molecule has 2 aromatic carbocycles. The summed E-state index contributed by atoms with van der Waals surface area (Å²) in [4.78, 5) is 1.48. The highest BCUT2D eigenvalue weighted by atomic mass is 16.5. The fourth-order valence-electron chi connectivity index (χ4n) is 3.18. The Morgan fingerprint density at radius 3 is 2.18 bits per heavy atom. The van der Waals surface area contributed by atoms with Gasteiger partial charge in [-0.15, -0.1) is 15.0 Å². The molecule has 149 valence electrons. The van der Waals surface area contributed by atoms with Gasteiger partial charge in [0.1, 0.15) is 22.5 Å². The van der Waals surface area contributed by atoms with Crippen LogP contribution in [0.1, 0.15) is 65.5 Å². The first-order chi connectivity index (χ1) is 13.1. The van der Waals surface area contributed by atoms with Gasteiger partial charge in [-0.2, -0.15) is 0 Å². The maximum absolute atomic E-state index is 13.4. The van der Waals surface area contributed by atoms with E-state index >= 15 is 0 Å². The average molecular weight is 381 g/mol. The molecule has 0 aliphatic heterocycles. The van der Waals surface area contributed by atoms with Crippen molar-refractivity contribution < 1.29 is 9.84 Å². The van der Waals surface area contributed by atoms with Crippen LogP contribution in [0.5, 0.6) is 11.5 Å². The molecule has 1 radical (unpaired) electrons. The first-order valence-electron chi connectivity index (χ1n) is 9.90. The number of fused-ring (bicyclic) bond motifs is 1. The van der Waals surface area contributed by atoms with Gasteiger partial charge in [-0.25, -0.2) is 0 Å². The number of rotatable bonds is 6. The average Bonchev–Trinajstić information content (AvgIpc) is 3.10. The van der Waals surface area contributed by atoms with Crippen molar-refractivity contribution in [3.8, 4) is 17.2 Å². The fraction of sp³-hybridized carbons (Fsp3) is 0.478. The molecule has 0 atom stereocenters. The highest BCUT2D eigenvalue weighted by molar-refractivity contribution is 5.76. The summed E-state index contributed by atoms with van der Waals surface area (Å²) < 4.78 is 5.28. The predicted molar refractivity (Wildman–Crippen MR) is 112 cm³/mol. The van der Waals surface area contributed by atoms with Gasteiger partial charge in [0.05, 0.1) is 7.11 Å². The molecule has 5 nitrogen and oxygen atoms in total. The lowest BCUT2D eigenvalue weighted by molar-refractivity contribution is 0.331. The SMILES string of the molecule is CCC(C)(C)c1cc(-n2nc3ccc(OC)cc3n2)c([O])c(C(C)(C)CC)c1. The van der Waals surface area contributed by atoms with Gasteiger partial charge in [0, 0.05) is 11.6 Å². The lowest BCUT2D eigenvalue weighted by atomic mass is 9.76. The van der Waals surface area contributed by atoms with Crippen LogP contribution in [0.15, 0.2) is 30.3 Å². The number of aromatic nitrogens is 3. The molecule has 0 saturated heterocycles. The zero-order valence-corrected chi connectivity index (χ0v) is 18.0. The van der Waals surface area contributed by atoms with Crippen LogP contribution in [0.3, 0.4) is 0 Å². The molecule has 0 fully saturated rings. The molecule has 0 bridgehead atoms. The molecule has 28 heavy (non-hydrogen) atoms. The van der Waals surface area contributed by atoms with Crippen LogP contribution in [0.25, 0.3) is 16.7 Å². The molecule has 0 aliphatic rings. The van der Waals surface area contributed by atoms with Gasteiger partial charge in [-0.1, -0.05) is 47.6 Å². The molecule has 0 spiro atoms. The minimum atomic E-state index is -0.221. The normalized spacial score (nSPS) is 12.5. The van der Waals surface area contributed by atoms with E-state index in [0.717, 1.165) is 35.2 Å². The second-order valence-corrected chi connectivity index (χ2v) is 8.69. The quantitative estimate of drug-likeness (QED) is 0.531. The molecular weight excluding hydrogens is 350 g/mol. The van der Waals surface area contributed by atoms with E-state index in [9.17, 15) is 5.11 Å². The fourth-order valence-corrected chi connectivity index (χ4v) is 3.18. The Kier molecular flexibility index (Phi) is 5.13. The Bertz CT molecular complexity index is 1000. The third-order valence-electron chi connectivity index (χ3n) is 6.15. The summed E-state index contributed by atoms with van der Waals surface area (Å²) in [5.74, 6) is 0.713. The summed E-state index contributed by atoms with van der Waals surface area (Å²) in [6.45, 7) is 12.9. The van der Waals surface area contributed by atoms with Gasteiger partial charge in [0.2, 0.25) is 5.75 Å². The molecule has 1 aromatic heterocycles. The number of methoxy groups -OCH3 is 1. The van der Waals surface area contributed by atoms with E-state index in [1.807, 2.05) is 24.3 Å². The molecule has 0 aliphatic carbocycles. The van der Waals surface area contributed by atoms with Crippen LogP contribution in [-0.4, -0.2) is 22.1 Å². The van der Waals surface area contributed by atoms with Gasteiger partial charge in [0.15, 0.2) is 0 Å². The summed E-state index contributed by atoms with van der Waals surface area (Å²) in [5.41, 5.74) is 3.64. The minimum absolute atomic E-state index is 0.00484. The van der Waals surface area contributed by atoms with E-state index in [-0.39, 0.29) is 16.6 Å². The Balaban J connectivity index is 2.27. The number of hydrogen-bond acceptors (Lipinski definition) is 3. The summed E-state index contributed by atoms with van der Waals surface area (Å²) in [6, 6.07) is 9.59. The Labute approximate surface area is 167 Å². The van der Waals surface area contributed by atoms with Crippen molar-refractivity contribution in [3.63, 3.8) is 0 Å². The molecule has 0 N–H and O–H groups in total. The first-order valence-corrected chi connectivity index (χ1v) is 9.90. The Hall–Kier alpha value is -2.56. The largest absolute Gasteiger partial charge is 0.497 e. The van der Waals surface area contributed by atoms with Crippen molar-refractivity contribution in [1.29, 1.82) is 0 Å². The van der Waals surface area contributed by atoms with E-state index in [4.69, 9.17) is 4.74 Å². The van der Waals surface area contributed by atoms with Gasteiger partial charge >= 0.3 is 0 Å². The number of ether oxygens (including phenoxy) is 1. The van der Waals surface area contributed by atoms with Crippen LogP contribution >= 0.6 is 0 Å². The van der Waals surface area contributed by atoms with E-state index in [2.05, 4.69) is 57.8 Å². The van der Waals surface area contributed by atoms with Gasteiger partial charge in [0.25, 0.3) is 0 Å². The van der Waals surface area contributed by atoms with Crippen LogP contribution in [0.4, 0.5) is 0 Å². The maximum atomic E-state index is 13.4. The molecular formula is C23H30N3O2. The van der Waals surface area contributed by atoms with E-state index in [1.54, 1.807) is 7.11 Å². The van der Waals surface area contributed by atoms with Gasteiger partial charge in [-0.3, -0.25) is 5.11 Å². The van der Waals surface area contributed by atoms with Crippen LogP contribution in [0, 0.1) is 0 Å².